The Bertz CT molecular complexity index is 1140. The van der Waals surface area contributed by atoms with Gasteiger partial charge in [0.1, 0.15) is 17.3 Å². The number of nitrogen functional groups attached to an aromatic ring is 1. The summed E-state index contributed by atoms with van der Waals surface area (Å²) in [5.74, 6) is 1.12. The van der Waals surface area contributed by atoms with Crippen LogP contribution in [-0.2, 0) is 4.74 Å². The molecule has 4 aromatic rings. The average molecular weight is 379 g/mol. The third-order valence-corrected chi connectivity index (χ3v) is 3.79. The zero-order valence-corrected chi connectivity index (χ0v) is 15.2. The Morgan fingerprint density at radius 2 is 2.18 bits per heavy atom. The first-order valence-corrected chi connectivity index (χ1v) is 8.50. The van der Waals surface area contributed by atoms with Gasteiger partial charge in [0.15, 0.2) is 17.2 Å². The molecule has 0 aromatic carbocycles. The predicted octanol–water partition coefficient (Wildman–Crippen LogP) is 1.72. The first kappa shape index (κ1) is 17.4. The number of fused-ring (bicyclic) bond motifs is 1. The van der Waals surface area contributed by atoms with Crippen molar-refractivity contribution < 1.29 is 9.53 Å². The van der Waals surface area contributed by atoms with Crippen molar-refractivity contribution >= 4 is 29.2 Å². The second-order valence-electron chi connectivity index (χ2n) is 5.81. The summed E-state index contributed by atoms with van der Waals surface area (Å²) in [6, 6.07) is 5.23. The molecule has 0 atom stereocenters. The van der Waals surface area contributed by atoms with Crippen LogP contribution in [0.2, 0.25) is 0 Å². The Labute approximate surface area is 159 Å². The number of aromatic amines is 1. The number of carbonyl (C=O) groups excluding carboxylic acids is 1. The highest BCUT2D eigenvalue weighted by Gasteiger charge is 2.19. The summed E-state index contributed by atoms with van der Waals surface area (Å²) in [6.07, 6.45) is 3.10. The van der Waals surface area contributed by atoms with Crippen molar-refractivity contribution in [1.82, 2.24) is 34.5 Å². The van der Waals surface area contributed by atoms with E-state index in [0.717, 1.165) is 0 Å². The van der Waals surface area contributed by atoms with Crippen LogP contribution in [0.5, 0.6) is 0 Å². The Kier molecular flexibility index (Phi) is 4.32. The molecule has 0 fully saturated rings. The SMILES string of the molecule is CCOC(=O)c1c[nH]c(Nc2nc3cccnn3c2-c2cc(N)nc(C)n2)n1. The molecule has 4 heterocycles. The highest BCUT2D eigenvalue weighted by Crippen LogP contribution is 2.29. The topological polar surface area (TPSA) is 149 Å². The van der Waals surface area contributed by atoms with Crippen LogP contribution >= 0.6 is 0 Å². The molecule has 0 saturated heterocycles. The second kappa shape index (κ2) is 6.95. The highest BCUT2D eigenvalue weighted by atomic mass is 16.5. The molecule has 0 unspecified atom stereocenters. The Hall–Kier alpha value is -4.02. The molecule has 4 N–H and O–H groups in total. The smallest absolute Gasteiger partial charge is 0.358 e. The molecule has 11 nitrogen and oxygen atoms in total. The van der Waals surface area contributed by atoms with E-state index in [4.69, 9.17) is 10.5 Å². The van der Waals surface area contributed by atoms with E-state index in [1.165, 1.54) is 6.20 Å². The van der Waals surface area contributed by atoms with Crippen molar-refractivity contribution in [1.29, 1.82) is 0 Å². The van der Waals surface area contributed by atoms with Crippen LogP contribution in [-0.4, -0.2) is 47.1 Å². The summed E-state index contributed by atoms with van der Waals surface area (Å²) < 4.78 is 6.59. The second-order valence-corrected chi connectivity index (χ2v) is 5.81. The quantitative estimate of drug-likeness (QED) is 0.440. The third kappa shape index (κ3) is 3.20. The molecule has 4 rings (SSSR count). The fourth-order valence-electron chi connectivity index (χ4n) is 2.73. The summed E-state index contributed by atoms with van der Waals surface area (Å²) >= 11 is 0. The highest BCUT2D eigenvalue weighted by molar-refractivity contribution is 5.87. The van der Waals surface area contributed by atoms with Crippen molar-refractivity contribution in [2.45, 2.75) is 13.8 Å². The first-order valence-electron chi connectivity index (χ1n) is 8.50. The van der Waals surface area contributed by atoms with Gasteiger partial charge in [0.2, 0.25) is 5.95 Å². The predicted molar refractivity (Wildman–Crippen MR) is 101 cm³/mol. The number of H-pyrrole nitrogens is 1. The lowest BCUT2D eigenvalue weighted by Gasteiger charge is -2.06. The summed E-state index contributed by atoms with van der Waals surface area (Å²) in [5.41, 5.74) is 7.79. The van der Waals surface area contributed by atoms with Crippen molar-refractivity contribution in [2.24, 2.45) is 0 Å². The number of nitrogens with two attached hydrogens (primary N) is 1. The van der Waals surface area contributed by atoms with Crippen molar-refractivity contribution in [3.8, 4) is 11.4 Å². The molecule has 11 heteroatoms. The lowest BCUT2D eigenvalue weighted by molar-refractivity contribution is 0.0520. The molecule has 142 valence electrons. The van der Waals surface area contributed by atoms with E-state index in [1.54, 1.807) is 36.7 Å². The number of hydrogen-bond acceptors (Lipinski definition) is 9. The van der Waals surface area contributed by atoms with Crippen molar-refractivity contribution in [3.05, 3.63) is 42.1 Å². The lowest BCUT2D eigenvalue weighted by Crippen LogP contribution is -2.05. The number of esters is 1. The van der Waals surface area contributed by atoms with E-state index in [2.05, 4.69) is 35.3 Å². The molecule has 0 aliphatic carbocycles. The Balaban J connectivity index is 1.78. The van der Waals surface area contributed by atoms with E-state index in [1.807, 2.05) is 6.07 Å². The van der Waals surface area contributed by atoms with Gasteiger partial charge in [-0.1, -0.05) is 0 Å². The summed E-state index contributed by atoms with van der Waals surface area (Å²) in [6.45, 7) is 3.75. The fourth-order valence-corrected chi connectivity index (χ4v) is 2.73. The van der Waals surface area contributed by atoms with E-state index >= 15 is 0 Å². The largest absolute Gasteiger partial charge is 0.461 e. The zero-order chi connectivity index (χ0) is 19.7. The number of aryl methyl sites for hydroxylation is 1. The minimum Gasteiger partial charge on any atom is -0.461 e. The monoisotopic (exact) mass is 379 g/mol. The molecule has 0 bridgehead atoms. The lowest BCUT2D eigenvalue weighted by atomic mass is 10.3. The molecule has 0 aliphatic heterocycles. The first-order chi connectivity index (χ1) is 13.5. The van der Waals surface area contributed by atoms with Gasteiger partial charge in [-0.2, -0.15) is 5.10 Å². The van der Waals surface area contributed by atoms with Gasteiger partial charge in [0.25, 0.3) is 0 Å². The fraction of sp³-hybridized carbons (Fsp3) is 0.176. The number of carbonyl (C=O) groups is 1. The van der Waals surface area contributed by atoms with E-state index in [0.29, 0.717) is 40.4 Å². The van der Waals surface area contributed by atoms with Crippen LogP contribution in [0.25, 0.3) is 17.0 Å². The molecule has 0 aliphatic rings. The number of nitrogens with zero attached hydrogens (tertiary/aromatic N) is 6. The van der Waals surface area contributed by atoms with E-state index in [9.17, 15) is 4.79 Å². The molecule has 0 radical (unpaired) electrons. The Morgan fingerprint density at radius 3 is 2.96 bits per heavy atom. The molecule has 0 saturated carbocycles. The van der Waals surface area contributed by atoms with Crippen LogP contribution in [0.1, 0.15) is 23.2 Å². The molecular weight excluding hydrogens is 362 g/mol. The van der Waals surface area contributed by atoms with E-state index < -0.39 is 5.97 Å². The number of anilines is 3. The Morgan fingerprint density at radius 1 is 1.32 bits per heavy atom. The van der Waals surface area contributed by atoms with Crippen molar-refractivity contribution in [3.63, 3.8) is 0 Å². The van der Waals surface area contributed by atoms with Gasteiger partial charge < -0.3 is 20.8 Å². The van der Waals surface area contributed by atoms with Gasteiger partial charge in [0.05, 0.1) is 12.3 Å². The third-order valence-electron chi connectivity index (χ3n) is 3.79. The van der Waals surface area contributed by atoms with Gasteiger partial charge in [-0.15, -0.1) is 0 Å². The van der Waals surface area contributed by atoms with Crippen LogP contribution in [0.15, 0.2) is 30.6 Å². The average Bonchev–Trinajstić information content (AvgIpc) is 3.25. The molecule has 0 spiro atoms. The standard InChI is InChI=1S/C17H17N9O2/c1-3-28-16(27)11-8-19-17(23-11)25-15-14(10-7-12(18)22-9(2)21-10)26-13(24-15)5-4-6-20-26/h4-8H,3H2,1-2H3,(H2,18,21,22)(H2,19,23,25). The van der Waals surface area contributed by atoms with Gasteiger partial charge in [0, 0.05) is 18.5 Å². The van der Waals surface area contributed by atoms with Gasteiger partial charge >= 0.3 is 5.97 Å². The molecule has 4 aromatic heterocycles. The summed E-state index contributed by atoms with van der Waals surface area (Å²) in [7, 11) is 0. The molecule has 28 heavy (non-hydrogen) atoms. The van der Waals surface area contributed by atoms with E-state index in [-0.39, 0.29) is 12.3 Å². The minimum absolute atomic E-state index is 0.162. The maximum Gasteiger partial charge on any atom is 0.358 e. The van der Waals surface area contributed by atoms with Gasteiger partial charge in [-0.25, -0.2) is 29.2 Å². The maximum absolute atomic E-state index is 11.8. The number of nitrogens with one attached hydrogen (secondary N) is 2. The summed E-state index contributed by atoms with van der Waals surface area (Å²) in [5, 5.41) is 7.41. The normalized spacial score (nSPS) is 10.9. The number of imidazole rings is 2. The summed E-state index contributed by atoms with van der Waals surface area (Å²) in [4.78, 5) is 32.0. The molecule has 0 amide bonds. The van der Waals surface area contributed by atoms with Gasteiger partial charge in [-0.3, -0.25) is 0 Å². The van der Waals surface area contributed by atoms with Gasteiger partial charge in [-0.05, 0) is 26.0 Å². The number of ether oxygens (including phenoxy) is 1. The zero-order valence-electron chi connectivity index (χ0n) is 15.2. The van der Waals surface area contributed by atoms with Crippen LogP contribution in [0, 0.1) is 6.92 Å². The number of rotatable bonds is 5. The number of hydrogen-bond donors (Lipinski definition) is 3. The minimum atomic E-state index is -0.511. The van der Waals surface area contributed by atoms with Crippen molar-refractivity contribution in [2.75, 3.05) is 17.7 Å². The maximum atomic E-state index is 11.8. The van der Waals surface area contributed by atoms with Crippen LogP contribution in [0.4, 0.5) is 17.6 Å². The number of aromatic nitrogens is 7. The van der Waals surface area contributed by atoms with Crippen LogP contribution < -0.4 is 11.1 Å². The van der Waals surface area contributed by atoms with Crippen LogP contribution in [0.3, 0.4) is 0 Å². The molecular formula is C17H17N9O2.